The summed E-state index contributed by atoms with van der Waals surface area (Å²) < 4.78 is 5.14. The number of ether oxygens (including phenoxy) is 1. The number of imide groups is 1. The fraction of sp³-hybridized carbons (Fsp3) is 0.353. The van der Waals surface area contributed by atoms with Crippen molar-refractivity contribution in [3.8, 4) is 0 Å². The number of rotatable bonds is 2. The van der Waals surface area contributed by atoms with E-state index in [2.05, 4.69) is 0 Å². The predicted octanol–water partition coefficient (Wildman–Crippen LogP) is 1.63. The fourth-order valence-corrected chi connectivity index (χ4v) is 3.88. The summed E-state index contributed by atoms with van der Waals surface area (Å²) in [4.78, 5) is 38.9. The number of amides is 2. The molecule has 2 heterocycles. The molecule has 0 N–H and O–H groups in total. The zero-order valence-corrected chi connectivity index (χ0v) is 12.1. The van der Waals surface area contributed by atoms with Gasteiger partial charge in [-0.3, -0.25) is 19.3 Å². The minimum Gasteiger partial charge on any atom is -0.466 e. The van der Waals surface area contributed by atoms with Crippen molar-refractivity contribution in [3.05, 3.63) is 41.5 Å². The molecule has 112 valence electrons. The van der Waals surface area contributed by atoms with E-state index in [4.69, 9.17) is 4.74 Å². The molecule has 1 aromatic carbocycles. The summed E-state index contributed by atoms with van der Waals surface area (Å²) in [5, 5.41) is 0. The van der Waals surface area contributed by atoms with E-state index in [1.807, 2.05) is 18.2 Å². The Labute approximate surface area is 127 Å². The van der Waals surface area contributed by atoms with Crippen LogP contribution in [-0.4, -0.2) is 35.3 Å². The molecule has 0 saturated carbocycles. The zero-order chi connectivity index (χ0) is 15.4. The summed E-state index contributed by atoms with van der Waals surface area (Å²) in [6.07, 6.45) is 2.47. The molecule has 0 unspecified atom stereocenters. The molecule has 3 atom stereocenters. The Bertz CT molecular complexity index is 736. The van der Waals surface area contributed by atoms with E-state index in [1.165, 1.54) is 4.90 Å². The molecular weight excluding hydrogens is 282 g/mol. The maximum absolute atomic E-state index is 12.7. The molecule has 5 heteroatoms. The van der Waals surface area contributed by atoms with Crippen molar-refractivity contribution in [1.82, 2.24) is 4.90 Å². The normalized spacial score (nSPS) is 28.3. The number of esters is 1. The molecule has 2 bridgehead atoms. The lowest BCUT2D eigenvalue weighted by Crippen LogP contribution is -2.46. The van der Waals surface area contributed by atoms with Crippen molar-refractivity contribution < 1.29 is 19.1 Å². The lowest BCUT2D eigenvalue weighted by Gasteiger charge is -2.35. The van der Waals surface area contributed by atoms with E-state index >= 15 is 0 Å². The van der Waals surface area contributed by atoms with Crippen molar-refractivity contribution in [3.63, 3.8) is 0 Å². The van der Waals surface area contributed by atoms with Crippen molar-refractivity contribution in [2.24, 2.45) is 11.8 Å². The van der Waals surface area contributed by atoms with Gasteiger partial charge in [0.2, 0.25) is 5.91 Å². The summed E-state index contributed by atoms with van der Waals surface area (Å²) in [6.45, 7) is 2.01. The van der Waals surface area contributed by atoms with Crippen molar-refractivity contribution >= 4 is 23.4 Å². The van der Waals surface area contributed by atoms with E-state index in [0.29, 0.717) is 12.0 Å². The minimum atomic E-state index is -0.579. The van der Waals surface area contributed by atoms with Crippen LogP contribution in [0.3, 0.4) is 0 Å². The van der Waals surface area contributed by atoms with E-state index < -0.39 is 17.9 Å². The van der Waals surface area contributed by atoms with Gasteiger partial charge in [0.25, 0.3) is 5.91 Å². The topological polar surface area (TPSA) is 63.7 Å². The minimum absolute atomic E-state index is 0.256. The molecule has 0 aromatic heterocycles. The van der Waals surface area contributed by atoms with Crippen molar-refractivity contribution in [2.75, 3.05) is 6.61 Å². The summed E-state index contributed by atoms with van der Waals surface area (Å²) in [5.74, 6) is -2.00. The molecule has 0 radical (unpaired) electrons. The standard InChI is InChI=1S/C17H15NO4/c1-2-22-17(21)13-12-8-7-10-9-5-3-4-6-11(9)15(19)18(14(10)13)16(12)20/h3-7,12-14H,2,8H2,1H3/t12-,13-,14+/m0/s1. The first kappa shape index (κ1) is 13.2. The van der Waals surface area contributed by atoms with Gasteiger partial charge in [-0.15, -0.1) is 0 Å². The second-order valence-corrected chi connectivity index (χ2v) is 5.78. The molecule has 2 aliphatic heterocycles. The number of carbonyl (C=O) groups is 3. The first-order valence-corrected chi connectivity index (χ1v) is 7.48. The summed E-state index contributed by atoms with van der Waals surface area (Å²) in [7, 11) is 0. The van der Waals surface area contributed by atoms with E-state index in [9.17, 15) is 14.4 Å². The first-order chi connectivity index (χ1) is 10.6. The average Bonchev–Trinajstić information content (AvgIpc) is 2.76. The Morgan fingerprint density at radius 3 is 2.73 bits per heavy atom. The lowest BCUT2D eigenvalue weighted by atomic mass is 9.75. The number of fused-ring (bicyclic) bond motifs is 3. The van der Waals surface area contributed by atoms with Crippen LogP contribution in [0.4, 0.5) is 0 Å². The third-order valence-corrected chi connectivity index (χ3v) is 4.76. The van der Waals surface area contributed by atoms with Crippen LogP contribution in [0.25, 0.3) is 5.57 Å². The van der Waals surface area contributed by atoms with Crippen LogP contribution in [0.5, 0.6) is 0 Å². The van der Waals surface area contributed by atoms with Gasteiger partial charge in [0.05, 0.1) is 24.5 Å². The molecule has 2 amide bonds. The van der Waals surface area contributed by atoms with E-state index in [1.54, 1.807) is 19.1 Å². The molecule has 5 nitrogen and oxygen atoms in total. The fourth-order valence-electron chi connectivity index (χ4n) is 3.88. The third kappa shape index (κ3) is 1.51. The summed E-state index contributed by atoms with van der Waals surface area (Å²) in [6, 6.07) is 6.75. The number of nitrogens with zero attached hydrogens (tertiary/aromatic N) is 1. The molecular formula is C17H15NO4. The second kappa shape index (κ2) is 4.53. The first-order valence-electron chi connectivity index (χ1n) is 7.48. The molecule has 1 fully saturated rings. The zero-order valence-electron chi connectivity index (χ0n) is 12.1. The number of carbonyl (C=O) groups excluding carboxylic acids is 3. The van der Waals surface area contributed by atoms with Crippen LogP contribution in [0.15, 0.2) is 30.3 Å². The SMILES string of the molecule is CCOC(=O)[C@H]1[C@@H]2CC=C3c4ccccc4C(=O)N(C2=O)[C@H]31. The highest BCUT2D eigenvalue weighted by Gasteiger charge is 2.59. The summed E-state index contributed by atoms with van der Waals surface area (Å²) >= 11 is 0. The molecule has 1 saturated heterocycles. The highest BCUT2D eigenvalue weighted by atomic mass is 16.5. The van der Waals surface area contributed by atoms with Gasteiger partial charge in [0.15, 0.2) is 0 Å². The van der Waals surface area contributed by atoms with Crippen LogP contribution in [-0.2, 0) is 14.3 Å². The number of hydrogen-bond acceptors (Lipinski definition) is 4. The van der Waals surface area contributed by atoms with Gasteiger partial charge in [0, 0.05) is 5.56 Å². The largest absolute Gasteiger partial charge is 0.466 e. The van der Waals surface area contributed by atoms with Gasteiger partial charge in [-0.05, 0) is 30.5 Å². The number of hydrogen-bond donors (Lipinski definition) is 0. The molecule has 3 aliphatic rings. The third-order valence-electron chi connectivity index (χ3n) is 4.76. The Kier molecular flexibility index (Phi) is 2.73. The Morgan fingerprint density at radius 1 is 1.27 bits per heavy atom. The molecule has 1 aromatic rings. The molecule has 4 rings (SSSR count). The maximum Gasteiger partial charge on any atom is 0.312 e. The number of benzene rings is 1. The van der Waals surface area contributed by atoms with Crippen molar-refractivity contribution in [2.45, 2.75) is 19.4 Å². The van der Waals surface area contributed by atoms with Gasteiger partial charge in [-0.2, -0.15) is 0 Å². The quantitative estimate of drug-likeness (QED) is 0.615. The molecule has 22 heavy (non-hydrogen) atoms. The molecule has 1 aliphatic carbocycles. The predicted molar refractivity (Wildman–Crippen MR) is 77.6 cm³/mol. The van der Waals surface area contributed by atoms with Gasteiger partial charge >= 0.3 is 5.97 Å². The summed E-state index contributed by atoms with van der Waals surface area (Å²) in [5.41, 5.74) is 2.26. The van der Waals surface area contributed by atoms with Crippen LogP contribution in [0.2, 0.25) is 0 Å². The molecule has 0 spiro atoms. The van der Waals surface area contributed by atoms with Gasteiger partial charge in [-0.1, -0.05) is 24.3 Å². The van der Waals surface area contributed by atoms with E-state index in [0.717, 1.165) is 11.1 Å². The van der Waals surface area contributed by atoms with Crippen LogP contribution in [0, 0.1) is 11.8 Å². The second-order valence-electron chi connectivity index (χ2n) is 5.78. The smallest absolute Gasteiger partial charge is 0.312 e. The average molecular weight is 297 g/mol. The van der Waals surface area contributed by atoms with Crippen LogP contribution < -0.4 is 0 Å². The monoisotopic (exact) mass is 297 g/mol. The Balaban J connectivity index is 1.88. The van der Waals surface area contributed by atoms with Crippen LogP contribution >= 0.6 is 0 Å². The maximum atomic E-state index is 12.7. The van der Waals surface area contributed by atoms with Crippen molar-refractivity contribution in [1.29, 1.82) is 0 Å². The van der Waals surface area contributed by atoms with Gasteiger partial charge in [0.1, 0.15) is 0 Å². The van der Waals surface area contributed by atoms with Gasteiger partial charge in [-0.25, -0.2) is 0 Å². The van der Waals surface area contributed by atoms with E-state index in [-0.39, 0.29) is 24.4 Å². The Morgan fingerprint density at radius 2 is 2.00 bits per heavy atom. The highest BCUT2D eigenvalue weighted by Crippen LogP contribution is 2.49. The highest BCUT2D eigenvalue weighted by molar-refractivity contribution is 6.16. The van der Waals surface area contributed by atoms with Gasteiger partial charge < -0.3 is 4.74 Å². The van der Waals surface area contributed by atoms with Crippen LogP contribution in [0.1, 0.15) is 29.3 Å². The Hall–Kier alpha value is -2.43. The lowest BCUT2D eigenvalue weighted by molar-refractivity contribution is -0.150. The number of allylic oxidation sites excluding steroid dienone is 1.